The highest BCUT2D eigenvalue weighted by molar-refractivity contribution is 9.10. The summed E-state index contributed by atoms with van der Waals surface area (Å²) in [4.78, 5) is 12.1. The number of aryl methyl sites for hydroxylation is 1. The molecule has 0 aliphatic carbocycles. The number of nitrogens with one attached hydrogen (secondary N) is 1. The molecule has 0 radical (unpaired) electrons. The summed E-state index contributed by atoms with van der Waals surface area (Å²) in [5.41, 5.74) is 0.778. The first-order valence-corrected chi connectivity index (χ1v) is 7.73. The fourth-order valence-corrected chi connectivity index (χ4v) is 2.60. The maximum absolute atomic E-state index is 12.1. The van der Waals surface area contributed by atoms with Gasteiger partial charge in [0.1, 0.15) is 5.82 Å². The third kappa shape index (κ3) is 3.61. The molecule has 1 atom stereocenters. The van der Waals surface area contributed by atoms with E-state index in [9.17, 15) is 4.79 Å². The van der Waals surface area contributed by atoms with E-state index < -0.39 is 0 Å². The van der Waals surface area contributed by atoms with Crippen molar-refractivity contribution in [2.24, 2.45) is 7.05 Å². The number of hydrogen-bond donors (Lipinski definition) is 1. The van der Waals surface area contributed by atoms with Gasteiger partial charge in [-0.15, -0.1) is 10.2 Å². The van der Waals surface area contributed by atoms with Crippen LogP contribution in [-0.4, -0.2) is 25.9 Å². The molecule has 1 N–H and O–H groups in total. The Balaban J connectivity index is 1.98. The predicted molar refractivity (Wildman–Crippen MR) is 83.8 cm³/mol. The maximum Gasteiger partial charge on any atom is 0.237 e. The van der Waals surface area contributed by atoms with Crippen molar-refractivity contribution in [1.82, 2.24) is 14.8 Å². The van der Waals surface area contributed by atoms with Gasteiger partial charge in [0, 0.05) is 17.2 Å². The van der Waals surface area contributed by atoms with Crippen molar-refractivity contribution in [3.8, 4) is 0 Å². The molecular formula is C13H15BrN4OS. The second-order valence-corrected chi connectivity index (χ2v) is 6.57. The number of nitrogens with zero attached hydrogens (tertiary/aromatic N) is 3. The van der Waals surface area contributed by atoms with Gasteiger partial charge in [-0.1, -0.05) is 27.7 Å². The van der Waals surface area contributed by atoms with Crippen LogP contribution >= 0.6 is 27.7 Å². The minimum Gasteiger partial charge on any atom is -0.325 e. The van der Waals surface area contributed by atoms with Crippen LogP contribution in [0.4, 0.5) is 5.69 Å². The summed E-state index contributed by atoms with van der Waals surface area (Å²) in [6.45, 7) is 3.73. The zero-order chi connectivity index (χ0) is 14.7. The number of hydrogen-bond acceptors (Lipinski definition) is 4. The Bertz CT molecular complexity index is 611. The smallest absolute Gasteiger partial charge is 0.237 e. The molecular weight excluding hydrogens is 340 g/mol. The molecule has 0 aliphatic rings. The van der Waals surface area contributed by atoms with Crippen LogP contribution in [0.1, 0.15) is 12.7 Å². The molecule has 1 aromatic carbocycles. The summed E-state index contributed by atoms with van der Waals surface area (Å²) in [6, 6.07) is 7.48. The van der Waals surface area contributed by atoms with Crippen LogP contribution < -0.4 is 5.32 Å². The monoisotopic (exact) mass is 354 g/mol. The van der Waals surface area contributed by atoms with Crippen LogP contribution in [0, 0.1) is 6.92 Å². The zero-order valence-corrected chi connectivity index (χ0v) is 13.8. The van der Waals surface area contributed by atoms with Crippen LogP contribution in [0.3, 0.4) is 0 Å². The van der Waals surface area contributed by atoms with Gasteiger partial charge in [0.05, 0.1) is 5.25 Å². The molecule has 0 spiro atoms. The molecule has 20 heavy (non-hydrogen) atoms. The van der Waals surface area contributed by atoms with E-state index in [1.54, 1.807) is 0 Å². The van der Waals surface area contributed by atoms with Gasteiger partial charge in [0.15, 0.2) is 5.16 Å². The molecule has 1 heterocycles. The molecule has 2 rings (SSSR count). The Morgan fingerprint density at radius 1 is 1.35 bits per heavy atom. The minimum absolute atomic E-state index is 0.0574. The average molecular weight is 355 g/mol. The number of aromatic nitrogens is 3. The number of rotatable bonds is 4. The van der Waals surface area contributed by atoms with Crippen LogP contribution in [0.5, 0.6) is 0 Å². The zero-order valence-electron chi connectivity index (χ0n) is 11.4. The largest absolute Gasteiger partial charge is 0.325 e. The van der Waals surface area contributed by atoms with Gasteiger partial charge in [-0.2, -0.15) is 0 Å². The van der Waals surface area contributed by atoms with Crippen LogP contribution in [0.15, 0.2) is 33.9 Å². The van der Waals surface area contributed by atoms with Crippen molar-refractivity contribution in [2.75, 3.05) is 5.32 Å². The number of halogens is 1. The van der Waals surface area contributed by atoms with Gasteiger partial charge in [0.2, 0.25) is 5.91 Å². The van der Waals surface area contributed by atoms with Crippen molar-refractivity contribution in [1.29, 1.82) is 0 Å². The highest BCUT2D eigenvalue weighted by Gasteiger charge is 2.18. The lowest BCUT2D eigenvalue weighted by Gasteiger charge is -2.11. The Hall–Kier alpha value is -1.34. The van der Waals surface area contributed by atoms with E-state index >= 15 is 0 Å². The lowest BCUT2D eigenvalue weighted by Crippen LogP contribution is -2.22. The predicted octanol–water partition coefficient (Wildman–Crippen LogP) is 3.01. The highest BCUT2D eigenvalue weighted by Crippen LogP contribution is 2.22. The number of carbonyl (C=O) groups is 1. The van der Waals surface area contributed by atoms with Crippen molar-refractivity contribution >= 4 is 39.3 Å². The number of carbonyl (C=O) groups excluding carboxylic acids is 1. The molecule has 0 saturated carbocycles. The fourth-order valence-electron chi connectivity index (χ4n) is 1.48. The van der Waals surface area contributed by atoms with Gasteiger partial charge in [-0.25, -0.2) is 0 Å². The quantitative estimate of drug-likeness (QED) is 0.857. The molecule has 5 nitrogen and oxygen atoms in total. The highest BCUT2D eigenvalue weighted by atomic mass is 79.9. The Morgan fingerprint density at radius 3 is 2.55 bits per heavy atom. The second kappa shape index (κ2) is 6.41. The van der Waals surface area contributed by atoms with Crippen molar-refractivity contribution in [2.45, 2.75) is 24.3 Å². The number of amides is 1. The molecule has 0 fully saturated rings. The topological polar surface area (TPSA) is 59.8 Å². The van der Waals surface area contributed by atoms with Crippen molar-refractivity contribution < 1.29 is 4.79 Å². The maximum atomic E-state index is 12.1. The molecule has 0 aliphatic heterocycles. The van der Waals surface area contributed by atoms with Gasteiger partial charge < -0.3 is 9.88 Å². The molecule has 1 aromatic heterocycles. The first-order valence-electron chi connectivity index (χ1n) is 6.06. The molecule has 0 bridgehead atoms. The number of thioether (sulfide) groups is 1. The molecule has 0 saturated heterocycles. The van der Waals surface area contributed by atoms with Crippen LogP contribution in [-0.2, 0) is 11.8 Å². The summed E-state index contributed by atoms with van der Waals surface area (Å²) in [5, 5.41) is 11.4. The van der Waals surface area contributed by atoms with Gasteiger partial charge in [-0.05, 0) is 38.1 Å². The fraction of sp³-hybridized carbons (Fsp3) is 0.308. The molecule has 106 valence electrons. The summed E-state index contributed by atoms with van der Waals surface area (Å²) < 4.78 is 2.85. The van der Waals surface area contributed by atoms with E-state index in [0.29, 0.717) is 0 Å². The van der Waals surface area contributed by atoms with Crippen LogP contribution in [0.25, 0.3) is 0 Å². The van der Waals surface area contributed by atoms with Crippen LogP contribution in [0.2, 0.25) is 0 Å². The number of benzene rings is 1. The van der Waals surface area contributed by atoms with E-state index in [0.717, 1.165) is 21.1 Å². The SMILES string of the molecule is Cc1nnc(S[C@@H](C)C(=O)Nc2ccc(Br)cc2)n1C. The molecule has 0 unspecified atom stereocenters. The summed E-state index contributed by atoms with van der Waals surface area (Å²) in [5.74, 6) is 0.769. The first-order chi connectivity index (χ1) is 9.47. The Labute approximate surface area is 130 Å². The lowest BCUT2D eigenvalue weighted by atomic mass is 10.3. The van der Waals surface area contributed by atoms with Crippen molar-refractivity contribution in [3.05, 3.63) is 34.6 Å². The van der Waals surface area contributed by atoms with Gasteiger partial charge in [0.25, 0.3) is 0 Å². The molecule has 1 amide bonds. The van der Waals surface area contributed by atoms with Gasteiger partial charge in [-0.3, -0.25) is 4.79 Å². The van der Waals surface area contributed by atoms with E-state index in [1.807, 2.05) is 49.7 Å². The van der Waals surface area contributed by atoms with E-state index in [-0.39, 0.29) is 11.2 Å². The number of anilines is 1. The summed E-state index contributed by atoms with van der Waals surface area (Å²) >= 11 is 4.75. The normalized spacial score (nSPS) is 12.2. The van der Waals surface area contributed by atoms with Gasteiger partial charge >= 0.3 is 0 Å². The third-order valence-electron chi connectivity index (χ3n) is 2.82. The first kappa shape index (κ1) is 15.1. The standard InChI is InChI=1S/C13H15BrN4OS/c1-8(20-13-17-16-9(2)18(13)3)12(19)15-11-6-4-10(14)5-7-11/h4-8H,1-3H3,(H,15,19)/t8-/m0/s1. The minimum atomic E-state index is -0.249. The van der Waals surface area contributed by atoms with E-state index in [1.165, 1.54) is 11.8 Å². The summed E-state index contributed by atoms with van der Waals surface area (Å²) in [6.07, 6.45) is 0. The third-order valence-corrected chi connectivity index (χ3v) is 4.48. The Morgan fingerprint density at radius 2 is 2.00 bits per heavy atom. The van der Waals surface area contributed by atoms with Crippen molar-refractivity contribution in [3.63, 3.8) is 0 Å². The summed E-state index contributed by atoms with van der Waals surface area (Å²) in [7, 11) is 1.89. The van der Waals surface area contributed by atoms with E-state index in [2.05, 4.69) is 31.4 Å². The molecule has 7 heteroatoms. The average Bonchev–Trinajstić information content (AvgIpc) is 2.73. The molecule has 2 aromatic rings. The lowest BCUT2D eigenvalue weighted by molar-refractivity contribution is -0.115. The Kier molecular flexibility index (Phi) is 4.82. The second-order valence-electron chi connectivity index (χ2n) is 4.35. The van der Waals surface area contributed by atoms with E-state index in [4.69, 9.17) is 0 Å².